The summed E-state index contributed by atoms with van der Waals surface area (Å²) in [5.74, 6) is -2.07. The summed E-state index contributed by atoms with van der Waals surface area (Å²) in [6.45, 7) is 0. The number of para-hydroxylation sites is 1. The van der Waals surface area contributed by atoms with Crippen molar-refractivity contribution in [2.45, 2.75) is 11.7 Å². The molecule has 7 nitrogen and oxygen atoms in total. The van der Waals surface area contributed by atoms with Crippen LogP contribution in [0, 0.1) is 0 Å². The molecule has 1 aliphatic rings. The van der Waals surface area contributed by atoms with E-state index in [2.05, 4.69) is 9.98 Å². The summed E-state index contributed by atoms with van der Waals surface area (Å²) in [6.07, 6.45) is 3.47. The second-order valence-corrected chi connectivity index (χ2v) is 7.93. The monoisotopic (exact) mass is 387 g/mol. The molecule has 2 N–H and O–H groups in total. The summed E-state index contributed by atoms with van der Waals surface area (Å²) in [5.41, 5.74) is 1.87. The third-order valence-electron chi connectivity index (χ3n) is 4.07. The Bertz CT molecular complexity index is 1100. The fraction of sp³-hybridized carbons (Fsp3) is 0.176. The van der Waals surface area contributed by atoms with Crippen molar-refractivity contribution < 1.29 is 19.8 Å². The van der Waals surface area contributed by atoms with Crippen LogP contribution >= 0.6 is 23.1 Å². The number of carboxylic acid groups (broad SMARTS) is 2. The SMILES string of the molecule is O=C(O)C1=CN=C(C(=O)O)CSC1Cc1cn2c(n1)sc1ccccc12. The maximum absolute atomic E-state index is 11.6. The van der Waals surface area contributed by atoms with Crippen LogP contribution in [-0.2, 0) is 16.0 Å². The minimum absolute atomic E-state index is 0.0481. The molecule has 1 aromatic carbocycles. The predicted octanol–water partition coefficient (Wildman–Crippen LogP) is 2.70. The third kappa shape index (κ3) is 2.99. The molecular weight excluding hydrogens is 374 g/mol. The van der Waals surface area contributed by atoms with Crippen LogP contribution in [0.5, 0.6) is 0 Å². The summed E-state index contributed by atoms with van der Waals surface area (Å²) in [6, 6.07) is 7.99. The summed E-state index contributed by atoms with van der Waals surface area (Å²) in [5, 5.41) is 18.1. The number of aromatic nitrogens is 2. The Kier molecular flexibility index (Phi) is 4.25. The molecule has 1 atom stereocenters. The summed E-state index contributed by atoms with van der Waals surface area (Å²) in [7, 11) is 0. The number of hydrogen-bond acceptors (Lipinski definition) is 6. The number of carbonyl (C=O) groups is 2. The summed E-state index contributed by atoms with van der Waals surface area (Å²) < 4.78 is 3.14. The molecule has 3 aromatic rings. The molecule has 0 saturated carbocycles. The van der Waals surface area contributed by atoms with Crippen molar-refractivity contribution >= 4 is 55.9 Å². The molecule has 0 bridgehead atoms. The molecule has 0 aliphatic carbocycles. The van der Waals surface area contributed by atoms with E-state index in [9.17, 15) is 14.7 Å². The Balaban J connectivity index is 1.64. The van der Waals surface area contributed by atoms with Gasteiger partial charge in [0, 0.05) is 29.8 Å². The highest BCUT2D eigenvalue weighted by molar-refractivity contribution is 8.00. The topological polar surface area (TPSA) is 104 Å². The van der Waals surface area contributed by atoms with Crippen molar-refractivity contribution in [3.05, 3.63) is 47.9 Å². The highest BCUT2D eigenvalue weighted by Gasteiger charge is 2.27. The second-order valence-electron chi connectivity index (χ2n) is 5.73. The summed E-state index contributed by atoms with van der Waals surface area (Å²) >= 11 is 2.84. The fourth-order valence-electron chi connectivity index (χ4n) is 2.80. The quantitative estimate of drug-likeness (QED) is 0.713. The molecule has 0 saturated heterocycles. The Morgan fingerprint density at radius 2 is 2.04 bits per heavy atom. The summed E-state index contributed by atoms with van der Waals surface area (Å²) in [4.78, 5) is 32.0. The first-order chi connectivity index (χ1) is 12.5. The number of thiazole rings is 1. The molecule has 26 heavy (non-hydrogen) atoms. The number of hydrogen-bond donors (Lipinski definition) is 2. The molecule has 0 fully saturated rings. The van der Waals surface area contributed by atoms with E-state index in [1.54, 1.807) is 11.3 Å². The first-order valence-electron chi connectivity index (χ1n) is 7.73. The molecule has 0 amide bonds. The van der Waals surface area contributed by atoms with Crippen molar-refractivity contribution in [3.8, 4) is 0 Å². The van der Waals surface area contributed by atoms with Crippen molar-refractivity contribution in [1.29, 1.82) is 0 Å². The number of benzene rings is 1. The first kappa shape index (κ1) is 16.8. The zero-order valence-electron chi connectivity index (χ0n) is 13.3. The highest BCUT2D eigenvalue weighted by atomic mass is 32.2. The number of carboxylic acids is 2. The van der Waals surface area contributed by atoms with E-state index in [1.165, 1.54) is 11.8 Å². The van der Waals surface area contributed by atoms with Crippen molar-refractivity contribution in [3.63, 3.8) is 0 Å². The zero-order valence-corrected chi connectivity index (χ0v) is 15.0. The van der Waals surface area contributed by atoms with Gasteiger partial charge in [0.05, 0.1) is 21.5 Å². The van der Waals surface area contributed by atoms with E-state index < -0.39 is 17.2 Å². The van der Waals surface area contributed by atoms with E-state index >= 15 is 0 Å². The van der Waals surface area contributed by atoms with Crippen LogP contribution in [0.1, 0.15) is 5.69 Å². The number of rotatable bonds is 4. The lowest BCUT2D eigenvalue weighted by molar-refractivity contribution is -0.133. The van der Waals surface area contributed by atoms with Crippen LogP contribution < -0.4 is 0 Å². The lowest BCUT2D eigenvalue weighted by Crippen LogP contribution is -2.20. The molecule has 2 aromatic heterocycles. The smallest absolute Gasteiger partial charge is 0.351 e. The van der Waals surface area contributed by atoms with Crippen LogP contribution in [0.3, 0.4) is 0 Å². The number of aliphatic carboxylic acids is 2. The van der Waals surface area contributed by atoms with Gasteiger partial charge in [0.1, 0.15) is 5.71 Å². The van der Waals surface area contributed by atoms with Gasteiger partial charge in [0.15, 0.2) is 4.96 Å². The van der Waals surface area contributed by atoms with Gasteiger partial charge in [-0.25, -0.2) is 14.6 Å². The van der Waals surface area contributed by atoms with E-state index in [4.69, 9.17) is 5.11 Å². The van der Waals surface area contributed by atoms with Gasteiger partial charge in [0.25, 0.3) is 0 Å². The third-order valence-corrected chi connectivity index (χ3v) is 6.36. The molecule has 132 valence electrons. The first-order valence-corrected chi connectivity index (χ1v) is 9.60. The molecule has 9 heteroatoms. The number of fused-ring (bicyclic) bond motifs is 3. The van der Waals surface area contributed by atoms with Gasteiger partial charge in [-0.1, -0.05) is 23.5 Å². The van der Waals surface area contributed by atoms with Crippen LogP contribution in [0.4, 0.5) is 0 Å². The van der Waals surface area contributed by atoms with Crippen molar-refractivity contribution in [2.24, 2.45) is 4.99 Å². The molecule has 4 rings (SSSR count). The van der Waals surface area contributed by atoms with E-state index in [1.807, 2.05) is 34.9 Å². The van der Waals surface area contributed by atoms with Gasteiger partial charge < -0.3 is 10.2 Å². The van der Waals surface area contributed by atoms with Crippen LogP contribution in [0.2, 0.25) is 0 Å². The number of imidazole rings is 1. The van der Waals surface area contributed by atoms with Crippen LogP contribution in [0.15, 0.2) is 47.2 Å². The van der Waals surface area contributed by atoms with E-state index in [0.717, 1.165) is 27.1 Å². The lowest BCUT2D eigenvalue weighted by atomic mass is 10.1. The normalized spacial score (nSPS) is 17.8. The van der Waals surface area contributed by atoms with E-state index in [-0.39, 0.29) is 17.0 Å². The number of nitrogens with zero attached hydrogens (tertiary/aromatic N) is 3. The Hall–Kier alpha value is -2.65. The molecule has 1 aliphatic heterocycles. The zero-order chi connectivity index (χ0) is 18.3. The highest BCUT2D eigenvalue weighted by Crippen LogP contribution is 2.30. The molecule has 0 radical (unpaired) electrons. The van der Waals surface area contributed by atoms with Gasteiger partial charge in [-0.3, -0.25) is 9.39 Å². The minimum Gasteiger partial charge on any atom is -0.478 e. The average Bonchev–Trinajstić information content (AvgIpc) is 3.04. The van der Waals surface area contributed by atoms with Gasteiger partial charge in [0.2, 0.25) is 0 Å². The second kappa shape index (κ2) is 6.58. The lowest BCUT2D eigenvalue weighted by Gasteiger charge is -2.13. The average molecular weight is 387 g/mol. The van der Waals surface area contributed by atoms with Gasteiger partial charge in [-0.15, -0.1) is 11.8 Å². The Morgan fingerprint density at radius 1 is 1.23 bits per heavy atom. The maximum Gasteiger partial charge on any atom is 0.351 e. The molecular formula is C17H13N3O4S2. The van der Waals surface area contributed by atoms with Gasteiger partial charge in [-0.05, 0) is 12.1 Å². The maximum atomic E-state index is 11.6. The Morgan fingerprint density at radius 3 is 2.81 bits per heavy atom. The largest absolute Gasteiger partial charge is 0.478 e. The molecule has 0 spiro atoms. The Labute approximate surface area is 155 Å². The van der Waals surface area contributed by atoms with Gasteiger partial charge in [-0.2, -0.15) is 0 Å². The van der Waals surface area contributed by atoms with Gasteiger partial charge >= 0.3 is 11.9 Å². The standard InChI is InChI=1S/C17H13N3O4S2/c21-15(22)10-6-18-11(16(23)24)8-25-14(10)5-9-7-20-12-3-1-2-4-13(12)26-17(20)19-9/h1-4,6-7,14H,5,8H2,(H,21,22)(H,23,24). The van der Waals surface area contributed by atoms with Crippen molar-refractivity contribution in [2.75, 3.05) is 5.75 Å². The molecule has 3 heterocycles. The van der Waals surface area contributed by atoms with Crippen LogP contribution in [0.25, 0.3) is 15.2 Å². The molecule has 1 unspecified atom stereocenters. The predicted molar refractivity (Wildman–Crippen MR) is 101 cm³/mol. The minimum atomic E-state index is -1.13. The van der Waals surface area contributed by atoms with Crippen LogP contribution in [-0.4, -0.2) is 48.3 Å². The fourth-order valence-corrected chi connectivity index (χ4v) is 5.01. The van der Waals surface area contributed by atoms with Crippen molar-refractivity contribution in [1.82, 2.24) is 9.38 Å². The number of aliphatic imine (C=N–C) groups is 1. The number of thioether (sulfide) groups is 1. The van der Waals surface area contributed by atoms with E-state index in [0.29, 0.717) is 6.42 Å².